The highest BCUT2D eigenvalue weighted by Gasteiger charge is 2.20. The van der Waals surface area contributed by atoms with E-state index >= 15 is 0 Å². The van der Waals surface area contributed by atoms with Crippen molar-refractivity contribution in [2.75, 3.05) is 0 Å². The maximum Gasteiger partial charge on any atom is 0.126 e. The number of aromatic nitrogens is 1. The second kappa shape index (κ2) is 13.8. The fourth-order valence-electron chi connectivity index (χ4n) is 6.46. The number of rotatable bonds is 8. The summed E-state index contributed by atoms with van der Waals surface area (Å²) < 4.78 is 1.14. The van der Waals surface area contributed by atoms with Crippen LogP contribution in [0.3, 0.4) is 0 Å². The smallest absolute Gasteiger partial charge is 0.126 e. The molecule has 0 fully saturated rings. The highest BCUT2D eigenvalue weighted by Crippen LogP contribution is 2.42. The quantitative estimate of drug-likeness (QED) is 0.165. The van der Waals surface area contributed by atoms with Crippen LogP contribution in [0, 0.1) is 0 Å². The molecule has 0 aliphatic heterocycles. The third-order valence-electron chi connectivity index (χ3n) is 9.38. The summed E-state index contributed by atoms with van der Waals surface area (Å²) in [6.45, 7) is 20.3. The van der Waals surface area contributed by atoms with Crippen molar-refractivity contribution in [3.63, 3.8) is 0 Å². The molecule has 0 aliphatic rings. The molecule has 0 unspecified atom stereocenters. The lowest BCUT2D eigenvalue weighted by Gasteiger charge is -2.23. The van der Waals surface area contributed by atoms with E-state index in [2.05, 4.69) is 123 Å². The van der Waals surface area contributed by atoms with Crippen molar-refractivity contribution in [1.82, 2.24) is 4.98 Å². The minimum absolute atomic E-state index is 0.0295. The van der Waals surface area contributed by atoms with Gasteiger partial charge < -0.3 is 5.11 Å². The molecule has 0 amide bonds. The lowest BCUT2D eigenvalue weighted by molar-refractivity contribution is 0.473. The lowest BCUT2D eigenvalue weighted by atomic mass is 9.81. The summed E-state index contributed by atoms with van der Waals surface area (Å²) in [7, 11) is 0. The van der Waals surface area contributed by atoms with Crippen LogP contribution in [0.2, 0.25) is 0 Å². The van der Waals surface area contributed by atoms with Crippen molar-refractivity contribution in [2.24, 2.45) is 4.99 Å². The predicted molar refractivity (Wildman–Crippen MR) is 212 cm³/mol. The first-order valence-electron chi connectivity index (χ1n) is 17.5. The summed E-state index contributed by atoms with van der Waals surface area (Å²) in [6, 6.07) is 34.2. The van der Waals surface area contributed by atoms with Crippen molar-refractivity contribution in [3.8, 4) is 38.6 Å². The Balaban J connectivity index is 1.42. The van der Waals surface area contributed by atoms with Gasteiger partial charge in [-0.3, -0.25) is 4.99 Å². The largest absolute Gasteiger partial charge is 0.507 e. The van der Waals surface area contributed by atoms with Crippen LogP contribution in [0.5, 0.6) is 5.75 Å². The topological polar surface area (TPSA) is 45.5 Å². The minimum atomic E-state index is -0.0295. The van der Waals surface area contributed by atoms with Gasteiger partial charge in [-0.2, -0.15) is 0 Å². The predicted octanol–water partition coefficient (Wildman–Crippen LogP) is 13.4. The van der Waals surface area contributed by atoms with E-state index in [-0.39, 0.29) is 11.2 Å². The maximum absolute atomic E-state index is 10.6. The highest BCUT2D eigenvalue weighted by atomic mass is 32.1. The van der Waals surface area contributed by atoms with Crippen LogP contribution in [-0.2, 0) is 5.41 Å². The van der Waals surface area contributed by atoms with Crippen molar-refractivity contribution >= 4 is 33.5 Å². The van der Waals surface area contributed by atoms with Crippen LogP contribution in [0.4, 0.5) is 5.69 Å². The van der Waals surface area contributed by atoms with Gasteiger partial charge in [-0.15, -0.1) is 11.3 Å². The normalized spacial score (nSPS) is 12.3. The van der Waals surface area contributed by atoms with Gasteiger partial charge in [-0.25, -0.2) is 4.98 Å². The molecule has 0 saturated heterocycles. The van der Waals surface area contributed by atoms with Gasteiger partial charge in [0.2, 0.25) is 0 Å². The number of phenolic OH excluding ortho intramolecular Hbond substituents is 1. The first-order chi connectivity index (χ1) is 23.3. The molecule has 1 N–H and O–H groups in total. The molecule has 0 radical (unpaired) electrons. The van der Waals surface area contributed by atoms with Crippen LogP contribution in [-0.4, -0.2) is 16.3 Å². The monoisotopic (exact) mass is 664 g/mol. The van der Waals surface area contributed by atoms with E-state index in [0.717, 1.165) is 43.2 Å². The molecular weight excluding hydrogens is 617 g/mol. The number of hydrogen-bond donors (Lipinski definition) is 1. The molecule has 4 heteroatoms. The fraction of sp³-hybridized carbons (Fsp3) is 0.289. The number of hydrogen-bond acceptors (Lipinski definition) is 4. The molecule has 1 heterocycles. The zero-order chi connectivity index (χ0) is 35.0. The number of aromatic hydroxyl groups is 1. The number of para-hydroxylation sites is 2. The lowest BCUT2D eigenvalue weighted by Crippen LogP contribution is -2.11. The number of phenols is 1. The van der Waals surface area contributed by atoms with Gasteiger partial charge in [0.05, 0.1) is 15.9 Å². The Hall–Kier alpha value is -4.54. The number of thiazole rings is 1. The summed E-state index contributed by atoms with van der Waals surface area (Å²) in [5.41, 5.74) is 13.8. The third kappa shape index (κ3) is 7.12. The molecule has 250 valence electrons. The maximum atomic E-state index is 10.6. The number of aliphatic imine (C=N–C) groups is 1. The zero-order valence-electron chi connectivity index (χ0n) is 30.3. The van der Waals surface area contributed by atoms with E-state index < -0.39 is 0 Å². The number of nitrogens with zero attached hydrogens (tertiary/aromatic N) is 2. The van der Waals surface area contributed by atoms with Crippen LogP contribution in [0.25, 0.3) is 43.0 Å². The van der Waals surface area contributed by atoms with Crippen LogP contribution in [0.1, 0.15) is 108 Å². The SMILES string of the molecule is CC(C)c1cc(C(C)C)c(-c2cccc(-c3cccc4sc(-c5ccccc5N=Cc5cc(C(C)(C)C)ccc5O)nc34)c2)c(C(C)C)c1. The highest BCUT2D eigenvalue weighted by molar-refractivity contribution is 7.21. The van der Waals surface area contributed by atoms with Gasteiger partial charge in [0, 0.05) is 22.9 Å². The molecule has 0 saturated carbocycles. The molecule has 5 aromatic carbocycles. The molecule has 6 rings (SSSR count). The summed E-state index contributed by atoms with van der Waals surface area (Å²) in [5, 5.41) is 11.5. The Morgan fingerprint density at radius 3 is 2.02 bits per heavy atom. The molecule has 0 atom stereocenters. The van der Waals surface area contributed by atoms with Gasteiger partial charge in [0.15, 0.2) is 0 Å². The van der Waals surface area contributed by atoms with E-state index in [1.165, 1.54) is 27.8 Å². The van der Waals surface area contributed by atoms with E-state index in [4.69, 9.17) is 9.98 Å². The molecule has 6 aromatic rings. The van der Waals surface area contributed by atoms with Gasteiger partial charge in [-0.1, -0.05) is 123 Å². The second-order valence-corrected chi connectivity index (χ2v) is 16.1. The molecular formula is C45H48N2OS. The molecule has 1 aromatic heterocycles. The standard InChI is InChI=1S/C45H48N2OS/c1-27(2)32-24-37(28(3)4)42(38(25-32)29(5)6)31-15-12-14-30(22-31)35-17-13-19-41-43(35)47-44(49-41)36-16-10-11-18-39(36)46-26-33-23-34(45(7,8)9)20-21-40(33)48/h10-29,48H,1-9H3. The summed E-state index contributed by atoms with van der Waals surface area (Å²) in [4.78, 5) is 10.1. The first-order valence-corrected chi connectivity index (χ1v) is 18.3. The second-order valence-electron chi connectivity index (χ2n) is 15.1. The molecule has 0 aliphatic carbocycles. The van der Waals surface area contributed by atoms with Gasteiger partial charge >= 0.3 is 0 Å². The summed E-state index contributed by atoms with van der Waals surface area (Å²) in [5.74, 6) is 1.52. The Morgan fingerprint density at radius 2 is 1.35 bits per heavy atom. The average molecular weight is 665 g/mol. The molecule has 0 bridgehead atoms. The molecule has 3 nitrogen and oxygen atoms in total. The van der Waals surface area contributed by atoms with Gasteiger partial charge in [-0.05, 0) is 98.5 Å². The van der Waals surface area contributed by atoms with Crippen molar-refractivity contribution in [2.45, 2.75) is 85.5 Å². The summed E-state index contributed by atoms with van der Waals surface area (Å²) in [6.07, 6.45) is 1.76. The zero-order valence-corrected chi connectivity index (χ0v) is 31.1. The van der Waals surface area contributed by atoms with Crippen LogP contribution in [0.15, 0.2) is 102 Å². The van der Waals surface area contributed by atoms with E-state index in [9.17, 15) is 5.11 Å². The van der Waals surface area contributed by atoms with Crippen molar-refractivity contribution in [1.29, 1.82) is 0 Å². The number of fused-ring (bicyclic) bond motifs is 1. The molecule has 49 heavy (non-hydrogen) atoms. The average Bonchev–Trinajstić information content (AvgIpc) is 3.51. The Morgan fingerprint density at radius 1 is 0.694 bits per heavy atom. The van der Waals surface area contributed by atoms with Crippen LogP contribution < -0.4 is 0 Å². The summed E-state index contributed by atoms with van der Waals surface area (Å²) >= 11 is 1.69. The van der Waals surface area contributed by atoms with E-state index in [0.29, 0.717) is 23.3 Å². The third-order valence-corrected chi connectivity index (χ3v) is 10.4. The van der Waals surface area contributed by atoms with E-state index in [1.54, 1.807) is 23.6 Å². The Kier molecular flexibility index (Phi) is 9.64. The Bertz CT molecular complexity index is 2130. The van der Waals surface area contributed by atoms with Gasteiger partial charge in [0.25, 0.3) is 0 Å². The fourth-order valence-corrected chi connectivity index (χ4v) is 7.49. The van der Waals surface area contributed by atoms with E-state index in [1.807, 2.05) is 30.3 Å². The Labute approximate surface area is 296 Å². The van der Waals surface area contributed by atoms with Crippen molar-refractivity contribution < 1.29 is 5.11 Å². The molecule has 0 spiro atoms. The first kappa shape index (κ1) is 34.3. The van der Waals surface area contributed by atoms with Gasteiger partial charge in [0.1, 0.15) is 10.8 Å². The van der Waals surface area contributed by atoms with Crippen molar-refractivity contribution in [3.05, 3.63) is 125 Å². The number of benzene rings is 5. The minimum Gasteiger partial charge on any atom is -0.507 e. The van der Waals surface area contributed by atoms with Crippen LogP contribution >= 0.6 is 11.3 Å².